The number of rotatable bonds is 3. The SMILES string of the molecule is Cc1c(F)cccc1S(=O)(=O)N1C(C(=O)O)CC2CCCCC21. The smallest absolute Gasteiger partial charge is 0.322 e. The predicted molar refractivity (Wildman–Crippen MR) is 81.9 cm³/mol. The third kappa shape index (κ3) is 2.65. The van der Waals surface area contributed by atoms with E-state index in [1.54, 1.807) is 0 Å². The van der Waals surface area contributed by atoms with Crippen molar-refractivity contribution < 1.29 is 22.7 Å². The van der Waals surface area contributed by atoms with Gasteiger partial charge in [0.2, 0.25) is 10.0 Å². The Morgan fingerprint density at radius 2 is 2.00 bits per heavy atom. The minimum Gasteiger partial charge on any atom is -0.480 e. The van der Waals surface area contributed by atoms with E-state index in [1.807, 2.05) is 0 Å². The lowest BCUT2D eigenvalue weighted by atomic mass is 9.85. The number of nitrogens with zero attached hydrogens (tertiary/aromatic N) is 1. The Hall–Kier alpha value is -1.47. The van der Waals surface area contributed by atoms with Gasteiger partial charge in [0.1, 0.15) is 11.9 Å². The Labute approximate surface area is 135 Å². The summed E-state index contributed by atoms with van der Waals surface area (Å²) in [6.45, 7) is 1.41. The van der Waals surface area contributed by atoms with Crippen LogP contribution in [-0.4, -0.2) is 35.9 Å². The molecule has 0 radical (unpaired) electrons. The first-order valence-corrected chi connectivity index (χ1v) is 9.29. The second-order valence-corrected chi connectivity index (χ2v) is 8.21. The second-order valence-electron chi connectivity index (χ2n) is 6.40. The highest BCUT2D eigenvalue weighted by Gasteiger charge is 2.51. The van der Waals surface area contributed by atoms with Crippen LogP contribution in [0.1, 0.15) is 37.7 Å². The molecule has 1 saturated heterocycles. The van der Waals surface area contributed by atoms with Gasteiger partial charge in [0, 0.05) is 11.6 Å². The van der Waals surface area contributed by atoms with E-state index in [9.17, 15) is 22.7 Å². The minimum absolute atomic E-state index is 0.0379. The Morgan fingerprint density at radius 1 is 1.30 bits per heavy atom. The first kappa shape index (κ1) is 16.4. The van der Waals surface area contributed by atoms with E-state index < -0.39 is 27.9 Å². The number of fused-ring (bicyclic) bond motifs is 1. The molecule has 1 saturated carbocycles. The Balaban J connectivity index is 2.08. The monoisotopic (exact) mass is 341 g/mol. The average molecular weight is 341 g/mol. The number of hydrogen-bond acceptors (Lipinski definition) is 3. The zero-order valence-electron chi connectivity index (χ0n) is 12.9. The summed E-state index contributed by atoms with van der Waals surface area (Å²) in [5.74, 6) is -1.65. The largest absolute Gasteiger partial charge is 0.480 e. The average Bonchev–Trinajstić information content (AvgIpc) is 2.90. The van der Waals surface area contributed by atoms with Crippen molar-refractivity contribution in [3.8, 4) is 0 Å². The molecule has 5 nitrogen and oxygen atoms in total. The van der Waals surface area contributed by atoms with Crippen molar-refractivity contribution >= 4 is 16.0 Å². The van der Waals surface area contributed by atoms with E-state index >= 15 is 0 Å². The Kier molecular flexibility index (Phi) is 4.18. The first-order chi connectivity index (χ1) is 10.8. The summed E-state index contributed by atoms with van der Waals surface area (Å²) in [7, 11) is -4.04. The van der Waals surface area contributed by atoms with Gasteiger partial charge < -0.3 is 5.11 Å². The Bertz CT molecular complexity index is 734. The van der Waals surface area contributed by atoms with E-state index in [-0.39, 0.29) is 22.4 Å². The molecule has 0 aromatic heterocycles. The number of carbonyl (C=O) groups is 1. The van der Waals surface area contributed by atoms with Gasteiger partial charge in [-0.15, -0.1) is 0 Å². The second kappa shape index (κ2) is 5.87. The maximum atomic E-state index is 13.8. The summed E-state index contributed by atoms with van der Waals surface area (Å²) in [6, 6.07) is 2.55. The van der Waals surface area contributed by atoms with Crippen LogP contribution in [0.25, 0.3) is 0 Å². The quantitative estimate of drug-likeness (QED) is 0.917. The van der Waals surface area contributed by atoms with Crippen molar-refractivity contribution in [1.82, 2.24) is 4.31 Å². The van der Waals surface area contributed by atoms with Crippen LogP contribution in [0.4, 0.5) is 4.39 Å². The van der Waals surface area contributed by atoms with Gasteiger partial charge in [-0.2, -0.15) is 4.31 Å². The van der Waals surface area contributed by atoms with Gasteiger partial charge in [0.15, 0.2) is 0 Å². The maximum Gasteiger partial charge on any atom is 0.322 e. The topological polar surface area (TPSA) is 74.7 Å². The summed E-state index contributed by atoms with van der Waals surface area (Å²) in [6.07, 6.45) is 3.75. The molecule has 1 heterocycles. The van der Waals surface area contributed by atoms with Crippen LogP contribution in [0, 0.1) is 18.7 Å². The number of halogens is 1. The summed E-state index contributed by atoms with van der Waals surface area (Å²) < 4.78 is 41.1. The molecular formula is C16H20FNO4S. The number of carboxylic acids is 1. The van der Waals surface area contributed by atoms with Crippen LogP contribution >= 0.6 is 0 Å². The summed E-state index contributed by atoms with van der Waals surface area (Å²) in [5.41, 5.74) is 0.0379. The van der Waals surface area contributed by atoms with Crippen molar-refractivity contribution in [1.29, 1.82) is 0 Å². The van der Waals surface area contributed by atoms with Crippen LogP contribution < -0.4 is 0 Å². The van der Waals surface area contributed by atoms with E-state index in [2.05, 4.69) is 0 Å². The first-order valence-electron chi connectivity index (χ1n) is 7.85. The molecule has 0 amide bonds. The molecule has 7 heteroatoms. The lowest BCUT2D eigenvalue weighted by Crippen LogP contribution is -2.46. The predicted octanol–water partition coefficient (Wildman–Crippen LogP) is 2.54. The molecule has 0 spiro atoms. The molecule has 3 rings (SSSR count). The molecule has 2 fully saturated rings. The fourth-order valence-electron chi connectivity index (χ4n) is 3.96. The lowest BCUT2D eigenvalue weighted by molar-refractivity contribution is -0.141. The summed E-state index contributed by atoms with van der Waals surface area (Å²) >= 11 is 0. The van der Waals surface area contributed by atoms with Gasteiger partial charge in [-0.05, 0) is 44.2 Å². The number of hydrogen-bond donors (Lipinski definition) is 1. The van der Waals surface area contributed by atoms with Gasteiger partial charge in [-0.3, -0.25) is 4.79 Å². The highest BCUT2D eigenvalue weighted by Crippen LogP contribution is 2.43. The number of sulfonamides is 1. The Morgan fingerprint density at radius 3 is 2.70 bits per heavy atom. The highest BCUT2D eigenvalue weighted by molar-refractivity contribution is 7.89. The van der Waals surface area contributed by atoms with Crippen molar-refractivity contribution in [2.24, 2.45) is 5.92 Å². The molecule has 1 aliphatic carbocycles. The van der Waals surface area contributed by atoms with Gasteiger partial charge in [0.25, 0.3) is 0 Å². The summed E-state index contributed by atoms with van der Waals surface area (Å²) in [4.78, 5) is 11.5. The number of aliphatic carboxylic acids is 1. The van der Waals surface area contributed by atoms with E-state index in [0.717, 1.165) is 23.6 Å². The number of benzene rings is 1. The van der Waals surface area contributed by atoms with E-state index in [1.165, 1.54) is 25.1 Å². The van der Waals surface area contributed by atoms with Crippen molar-refractivity contribution in [3.05, 3.63) is 29.6 Å². The molecule has 23 heavy (non-hydrogen) atoms. The van der Waals surface area contributed by atoms with Gasteiger partial charge >= 0.3 is 5.97 Å². The zero-order chi connectivity index (χ0) is 16.8. The molecule has 0 bridgehead atoms. The molecule has 1 aliphatic heterocycles. The molecule has 3 atom stereocenters. The third-order valence-corrected chi connectivity index (χ3v) is 7.17. The molecule has 1 N–H and O–H groups in total. The van der Waals surface area contributed by atoms with Crippen molar-refractivity contribution in [3.63, 3.8) is 0 Å². The van der Waals surface area contributed by atoms with Crippen LogP contribution in [-0.2, 0) is 14.8 Å². The van der Waals surface area contributed by atoms with Crippen LogP contribution in [0.2, 0.25) is 0 Å². The molecule has 1 aromatic carbocycles. The molecule has 1 aromatic rings. The van der Waals surface area contributed by atoms with Crippen molar-refractivity contribution in [2.45, 2.75) is 56.0 Å². The molecule has 126 valence electrons. The molecule has 3 unspecified atom stereocenters. The van der Waals surface area contributed by atoms with Gasteiger partial charge in [-0.1, -0.05) is 18.9 Å². The standard InChI is InChI=1S/C16H20FNO4S/c1-10-12(17)6-4-8-15(10)23(21,22)18-13-7-3-2-5-11(13)9-14(18)16(19)20/h4,6,8,11,13-14H,2-3,5,7,9H2,1H3,(H,19,20). The minimum atomic E-state index is -4.04. The number of carboxylic acid groups (broad SMARTS) is 1. The fraction of sp³-hybridized carbons (Fsp3) is 0.562. The van der Waals surface area contributed by atoms with E-state index in [4.69, 9.17) is 0 Å². The van der Waals surface area contributed by atoms with Crippen LogP contribution in [0.15, 0.2) is 23.1 Å². The fourth-order valence-corrected chi connectivity index (χ4v) is 6.06. The van der Waals surface area contributed by atoms with E-state index in [0.29, 0.717) is 12.8 Å². The summed E-state index contributed by atoms with van der Waals surface area (Å²) in [5, 5.41) is 9.48. The lowest BCUT2D eigenvalue weighted by Gasteiger charge is -2.32. The zero-order valence-corrected chi connectivity index (χ0v) is 13.7. The highest BCUT2D eigenvalue weighted by atomic mass is 32.2. The van der Waals surface area contributed by atoms with Gasteiger partial charge in [0.05, 0.1) is 4.90 Å². The normalized spacial score (nSPS) is 28.5. The van der Waals surface area contributed by atoms with Crippen LogP contribution in [0.5, 0.6) is 0 Å². The van der Waals surface area contributed by atoms with Crippen molar-refractivity contribution in [2.75, 3.05) is 0 Å². The molecular weight excluding hydrogens is 321 g/mol. The maximum absolute atomic E-state index is 13.8. The van der Waals surface area contributed by atoms with Crippen LogP contribution in [0.3, 0.4) is 0 Å². The van der Waals surface area contributed by atoms with Gasteiger partial charge in [-0.25, -0.2) is 12.8 Å². The third-order valence-electron chi connectivity index (χ3n) is 5.09. The molecule has 2 aliphatic rings.